The number of hydrazine groups is 1. The maximum Gasteiger partial charge on any atom is 0.237 e. The highest BCUT2D eigenvalue weighted by Gasteiger charge is 2.42. The van der Waals surface area contributed by atoms with Crippen molar-refractivity contribution in [2.45, 2.75) is 6.92 Å². The van der Waals surface area contributed by atoms with Crippen LogP contribution in [0.15, 0.2) is 35.2 Å². The van der Waals surface area contributed by atoms with Crippen LogP contribution in [0.5, 0.6) is 0 Å². The molecule has 1 amide bonds. The molecule has 0 aliphatic carbocycles. The van der Waals surface area contributed by atoms with Crippen LogP contribution in [0, 0.1) is 17.2 Å². The van der Waals surface area contributed by atoms with Gasteiger partial charge in [0, 0.05) is 28.2 Å². The minimum Gasteiger partial charge on any atom is -0.316 e. The van der Waals surface area contributed by atoms with Gasteiger partial charge in [0.05, 0.1) is 23.7 Å². The predicted octanol–water partition coefficient (Wildman–Crippen LogP) is 2.35. The molecule has 6 nitrogen and oxygen atoms in total. The quantitative estimate of drug-likeness (QED) is 0.599. The molecule has 0 fully saturated rings. The summed E-state index contributed by atoms with van der Waals surface area (Å²) in [6.07, 6.45) is 0. The first-order valence-electron chi connectivity index (χ1n) is 7.45. The summed E-state index contributed by atoms with van der Waals surface area (Å²) in [5.74, 6) is 4.48. The number of nitrogens with zero attached hydrogens (tertiary/aromatic N) is 3. The molecule has 1 aromatic rings. The van der Waals surface area contributed by atoms with Crippen molar-refractivity contribution in [3.8, 4) is 6.07 Å². The lowest BCUT2D eigenvalue weighted by Gasteiger charge is -2.38. The largest absolute Gasteiger partial charge is 0.316 e. The van der Waals surface area contributed by atoms with Crippen LogP contribution in [0.4, 0.5) is 0 Å². The fourth-order valence-electron chi connectivity index (χ4n) is 3.09. The number of benzene rings is 1. The van der Waals surface area contributed by atoms with Gasteiger partial charge >= 0.3 is 0 Å². The first-order chi connectivity index (χ1) is 11.8. The zero-order valence-corrected chi connectivity index (χ0v) is 15.0. The third-order valence-electron chi connectivity index (χ3n) is 4.43. The second-order valence-corrected chi connectivity index (χ2v) is 6.74. The normalized spacial score (nSPS) is 20.9. The molecule has 0 radical (unpaired) electrons. The second-order valence-electron chi connectivity index (χ2n) is 5.89. The van der Waals surface area contributed by atoms with Crippen molar-refractivity contribution in [2.75, 3.05) is 13.6 Å². The molecule has 0 aromatic heterocycles. The number of hydrogen-bond donors (Lipinski definition) is 1. The molecule has 0 saturated carbocycles. The van der Waals surface area contributed by atoms with Crippen molar-refractivity contribution < 1.29 is 9.59 Å². The molecular formula is C17H14Cl2N4O2. The van der Waals surface area contributed by atoms with Gasteiger partial charge in [-0.25, -0.2) is 5.84 Å². The summed E-state index contributed by atoms with van der Waals surface area (Å²) in [5.41, 5.74) is 1.57. The Morgan fingerprint density at radius 1 is 1.28 bits per heavy atom. The van der Waals surface area contributed by atoms with E-state index in [1.54, 1.807) is 32.2 Å². The molecule has 3 rings (SSSR count). The lowest BCUT2D eigenvalue weighted by Crippen LogP contribution is -2.48. The molecular weight excluding hydrogens is 363 g/mol. The molecule has 0 bridgehead atoms. The lowest BCUT2D eigenvalue weighted by atomic mass is 9.82. The predicted molar refractivity (Wildman–Crippen MR) is 93.9 cm³/mol. The molecule has 2 heterocycles. The van der Waals surface area contributed by atoms with E-state index < -0.39 is 5.92 Å². The molecule has 2 aliphatic heterocycles. The van der Waals surface area contributed by atoms with E-state index in [1.165, 1.54) is 9.91 Å². The Hall–Kier alpha value is -2.33. The van der Waals surface area contributed by atoms with Crippen molar-refractivity contribution in [3.63, 3.8) is 0 Å². The maximum atomic E-state index is 12.9. The smallest absolute Gasteiger partial charge is 0.237 e. The van der Waals surface area contributed by atoms with Gasteiger partial charge in [-0.15, -0.1) is 0 Å². The molecule has 1 atom stereocenters. The topological polar surface area (TPSA) is 90.4 Å². The van der Waals surface area contributed by atoms with Crippen molar-refractivity contribution in [1.29, 1.82) is 5.26 Å². The highest BCUT2D eigenvalue weighted by atomic mass is 35.5. The second kappa shape index (κ2) is 6.19. The minimum atomic E-state index is -0.846. The van der Waals surface area contributed by atoms with Gasteiger partial charge < -0.3 is 4.90 Å². The Morgan fingerprint density at radius 2 is 1.96 bits per heavy atom. The molecule has 2 aliphatic rings. The van der Waals surface area contributed by atoms with Crippen LogP contribution in [0.1, 0.15) is 12.5 Å². The van der Waals surface area contributed by atoms with Crippen LogP contribution in [0.2, 0.25) is 10.0 Å². The van der Waals surface area contributed by atoms with Crippen molar-refractivity contribution in [1.82, 2.24) is 9.91 Å². The van der Waals surface area contributed by atoms with Crippen LogP contribution in [-0.2, 0) is 9.59 Å². The number of ketones is 1. The third kappa shape index (κ3) is 2.61. The molecule has 25 heavy (non-hydrogen) atoms. The highest BCUT2D eigenvalue weighted by Crippen LogP contribution is 2.42. The Morgan fingerprint density at radius 3 is 2.60 bits per heavy atom. The molecule has 0 saturated heterocycles. The fraction of sp³-hybridized carbons (Fsp3) is 0.235. The van der Waals surface area contributed by atoms with Crippen molar-refractivity contribution >= 4 is 40.5 Å². The first-order valence-corrected chi connectivity index (χ1v) is 8.20. The number of rotatable bonds is 1. The van der Waals surface area contributed by atoms with Gasteiger partial charge in [-0.05, 0) is 25.1 Å². The van der Waals surface area contributed by atoms with Crippen LogP contribution in [0.3, 0.4) is 0 Å². The monoisotopic (exact) mass is 376 g/mol. The third-order valence-corrected chi connectivity index (χ3v) is 5.00. The van der Waals surface area contributed by atoms with Gasteiger partial charge in [-0.2, -0.15) is 5.26 Å². The molecule has 1 unspecified atom stereocenters. The Bertz CT molecular complexity index is 914. The van der Waals surface area contributed by atoms with Gasteiger partial charge in [0.25, 0.3) is 0 Å². The first kappa shape index (κ1) is 17.5. The Kier molecular flexibility index (Phi) is 4.33. The van der Waals surface area contributed by atoms with Gasteiger partial charge in [-0.3, -0.25) is 14.6 Å². The summed E-state index contributed by atoms with van der Waals surface area (Å²) in [7, 11) is 1.59. The van der Waals surface area contributed by atoms with E-state index in [0.717, 1.165) is 0 Å². The van der Waals surface area contributed by atoms with E-state index in [1.807, 2.05) is 6.07 Å². The average molecular weight is 377 g/mol. The number of nitrogens with two attached hydrogens (primary N) is 1. The zero-order chi connectivity index (χ0) is 18.5. The van der Waals surface area contributed by atoms with E-state index in [0.29, 0.717) is 26.9 Å². The van der Waals surface area contributed by atoms with Crippen LogP contribution < -0.4 is 5.84 Å². The van der Waals surface area contributed by atoms with Crippen molar-refractivity contribution in [2.24, 2.45) is 11.8 Å². The number of nitriles is 1. The standard InChI is InChI=1S/C17H14Cl2N4O2/c1-8-16(24)15-13(22(2)17(8)25)7-23(21)12(6-20)14(15)10-5-9(18)3-4-11(10)19/h3-5,8H,7,21H2,1-2H3. The highest BCUT2D eigenvalue weighted by molar-refractivity contribution is 6.35. The van der Waals surface area contributed by atoms with Crippen LogP contribution in [-0.4, -0.2) is 35.2 Å². The number of halogens is 2. The summed E-state index contributed by atoms with van der Waals surface area (Å²) in [5, 5.41) is 11.5. The minimum absolute atomic E-state index is 0.0701. The summed E-state index contributed by atoms with van der Waals surface area (Å²) in [6, 6.07) is 6.81. The van der Waals surface area contributed by atoms with E-state index in [4.69, 9.17) is 29.0 Å². The van der Waals surface area contributed by atoms with Crippen LogP contribution in [0.25, 0.3) is 5.57 Å². The van der Waals surface area contributed by atoms with Gasteiger partial charge in [0.2, 0.25) is 5.91 Å². The zero-order valence-electron chi connectivity index (χ0n) is 13.5. The van der Waals surface area contributed by atoms with Gasteiger partial charge in [0.1, 0.15) is 11.8 Å². The number of carbonyl (C=O) groups excluding carboxylic acids is 2. The van der Waals surface area contributed by atoms with E-state index >= 15 is 0 Å². The number of Topliss-reactive ketones (excluding diaryl/α,β-unsaturated/α-hetero) is 1. The molecule has 8 heteroatoms. The lowest BCUT2D eigenvalue weighted by molar-refractivity contribution is -0.138. The van der Waals surface area contributed by atoms with Gasteiger partial charge in [0.15, 0.2) is 5.78 Å². The summed E-state index contributed by atoms with van der Waals surface area (Å²) < 4.78 is 0. The summed E-state index contributed by atoms with van der Waals surface area (Å²) >= 11 is 12.4. The van der Waals surface area contributed by atoms with E-state index in [9.17, 15) is 14.9 Å². The maximum absolute atomic E-state index is 12.9. The summed E-state index contributed by atoms with van der Waals surface area (Å²) in [6.45, 7) is 1.61. The molecule has 128 valence electrons. The van der Waals surface area contributed by atoms with E-state index in [2.05, 4.69) is 0 Å². The SMILES string of the molecule is CC1C(=O)C2=C(CN(N)C(C#N)=C2c2cc(Cl)ccc2Cl)N(C)C1=O. The molecule has 0 spiro atoms. The molecule has 1 aromatic carbocycles. The molecule has 2 N–H and O–H groups in total. The average Bonchev–Trinajstić information content (AvgIpc) is 2.59. The Labute approximate surface area is 154 Å². The number of likely N-dealkylation sites (N-methyl/N-ethyl adjacent to an activating group) is 1. The summed E-state index contributed by atoms with van der Waals surface area (Å²) in [4.78, 5) is 26.6. The number of carbonyl (C=O) groups is 2. The number of amides is 1. The Balaban J connectivity index is 2.37. The van der Waals surface area contributed by atoms with E-state index in [-0.39, 0.29) is 29.5 Å². The number of hydrogen-bond acceptors (Lipinski definition) is 5. The van der Waals surface area contributed by atoms with Crippen molar-refractivity contribution in [3.05, 3.63) is 50.8 Å². The van der Waals surface area contributed by atoms with Gasteiger partial charge in [-0.1, -0.05) is 23.2 Å². The van der Waals surface area contributed by atoms with Crippen LogP contribution >= 0.6 is 23.2 Å². The number of allylic oxidation sites excluding steroid dienone is 3. The fourth-order valence-corrected chi connectivity index (χ4v) is 3.47.